The van der Waals surface area contributed by atoms with Crippen LogP contribution in [0.15, 0.2) is 382 Å². The van der Waals surface area contributed by atoms with E-state index in [1.807, 2.05) is 97.1 Å². The summed E-state index contributed by atoms with van der Waals surface area (Å²) in [4.78, 5) is 9.28. The first-order valence-electron chi connectivity index (χ1n) is 49.1. The van der Waals surface area contributed by atoms with Gasteiger partial charge in [0.1, 0.15) is 0 Å². The first-order valence-corrected chi connectivity index (χ1v) is 50.7. The van der Waals surface area contributed by atoms with E-state index in [9.17, 15) is 0 Å². The topological polar surface area (TPSA) is 162 Å². The van der Waals surface area contributed by atoms with Crippen molar-refractivity contribution < 1.29 is 17.7 Å². The first kappa shape index (κ1) is 96.3. The fraction of sp³-hybridized carbons (Fsp3) is 0.123. The van der Waals surface area contributed by atoms with Gasteiger partial charge in [-0.25, -0.2) is 0 Å². The van der Waals surface area contributed by atoms with Crippen LogP contribution in [0.3, 0.4) is 0 Å². The fourth-order valence-corrected chi connectivity index (χ4v) is 18.5. The van der Waals surface area contributed by atoms with Gasteiger partial charge in [0.2, 0.25) is 47.1 Å². The molecule has 6 aromatic heterocycles. The third kappa shape index (κ3) is 23.6. The molecule has 6 heterocycles. The Balaban J connectivity index is 0.489. The zero-order chi connectivity index (χ0) is 100. The second-order valence-corrected chi connectivity index (χ2v) is 42.8. The number of hydrogen-bond acceptors (Lipinski definition) is 16. The molecule has 146 heavy (non-hydrogen) atoms. The molecule has 0 spiro atoms. The second-order valence-electron chi connectivity index (χ2n) is 40.5. The molecule has 14 aromatic carbocycles. The highest BCUT2D eigenvalue weighted by Gasteiger charge is 2.24. The van der Waals surface area contributed by atoms with E-state index in [4.69, 9.17) is 17.7 Å². The van der Waals surface area contributed by atoms with Crippen molar-refractivity contribution in [3.8, 4) is 91.6 Å². The smallest absolute Gasteiger partial charge is 0.248 e. The van der Waals surface area contributed by atoms with Crippen LogP contribution in [-0.4, -0.2) is 40.8 Å². The minimum Gasteiger partial charge on any atom is -0.416 e. The Labute approximate surface area is 861 Å². The summed E-state index contributed by atoms with van der Waals surface area (Å²) in [6.07, 6.45) is 30.2. The molecule has 0 saturated heterocycles. The minimum atomic E-state index is 0.0505. The van der Waals surface area contributed by atoms with E-state index in [1.54, 1.807) is 22.7 Å². The van der Waals surface area contributed by atoms with Gasteiger partial charge in [-0.05, 0) is 318 Å². The Morgan fingerprint density at radius 1 is 0.158 bits per heavy atom. The van der Waals surface area contributed by atoms with Crippen LogP contribution >= 0.6 is 22.7 Å². The normalized spacial score (nSPS) is 12.3. The molecule has 16 heteroatoms. The summed E-state index contributed by atoms with van der Waals surface area (Å²) < 4.78 is 24.7. The summed E-state index contributed by atoms with van der Waals surface area (Å²) in [5.74, 6) is 3.90. The Bertz CT molecular complexity index is 7250. The van der Waals surface area contributed by atoms with Crippen LogP contribution in [0.4, 0.5) is 34.1 Å². The van der Waals surface area contributed by atoms with Crippen molar-refractivity contribution in [2.45, 2.75) is 105 Å². The number of hydrogen-bond donors (Lipinski definition) is 0. The number of benzene rings is 14. The molecule has 0 aliphatic carbocycles. The van der Waals surface area contributed by atoms with E-state index in [0.29, 0.717) is 47.1 Å². The van der Waals surface area contributed by atoms with Crippen LogP contribution in [0.2, 0.25) is 0 Å². The molecule has 0 fully saturated rings. The van der Waals surface area contributed by atoms with Crippen molar-refractivity contribution in [2.75, 3.05) is 9.80 Å². The van der Waals surface area contributed by atoms with E-state index in [-0.39, 0.29) is 21.7 Å². The predicted octanol–water partition coefficient (Wildman–Crippen LogP) is 36.0. The molecule has 0 aliphatic heterocycles. The summed E-state index contributed by atoms with van der Waals surface area (Å²) in [6, 6.07) is 127. The molecule has 0 atom stereocenters. The van der Waals surface area contributed by atoms with Crippen LogP contribution in [0, 0.1) is 0 Å². The Morgan fingerprint density at radius 3 is 0.425 bits per heavy atom. The van der Waals surface area contributed by atoms with Gasteiger partial charge in [0.05, 0.1) is 0 Å². The molecule has 0 amide bonds. The van der Waals surface area contributed by atoms with E-state index in [2.05, 4.69) is 486 Å². The highest BCUT2D eigenvalue weighted by Crippen LogP contribution is 2.42. The lowest BCUT2D eigenvalue weighted by Gasteiger charge is -2.26. The van der Waals surface area contributed by atoms with Gasteiger partial charge in [-0.3, -0.25) is 0 Å². The highest BCUT2D eigenvalue weighted by molar-refractivity contribution is 7.14. The van der Waals surface area contributed by atoms with E-state index < -0.39 is 0 Å². The maximum Gasteiger partial charge on any atom is 0.248 e. The average molecular weight is 1940 g/mol. The van der Waals surface area contributed by atoms with E-state index in [0.717, 1.165) is 144 Å². The Morgan fingerprint density at radius 2 is 0.281 bits per heavy atom. The molecule has 0 unspecified atom stereocenters. The second kappa shape index (κ2) is 42.2. The molecular formula is C130H110N10O4S2. The fourth-order valence-electron chi connectivity index (χ4n) is 16.9. The number of nitrogens with zero attached hydrogens (tertiary/aromatic N) is 10. The molecule has 14 nitrogen and oxygen atoms in total. The quantitative estimate of drug-likeness (QED) is 0.0426. The predicted molar refractivity (Wildman–Crippen MR) is 609 cm³/mol. The summed E-state index contributed by atoms with van der Waals surface area (Å²) in [5, 5.41) is 35.1. The van der Waals surface area contributed by atoms with Crippen molar-refractivity contribution in [1.82, 2.24) is 40.8 Å². The van der Waals surface area contributed by atoms with Crippen molar-refractivity contribution in [3.05, 3.63) is 461 Å². The SMILES string of the molecule is CC(C)(C)c1ccc(-c2nnc(-c3ccc(/C=C/c4ccc(N(c5ccc(/C=C/c6ccc(-c7nnc(-c8ccc(C(C)(C)C)cc8)o7)cc6)cc5)c5ccc(/C=C/c6ccc(/C=C/c7ccc(/C=C/c8ccc(N(c9ccc(/C=C/c%10ccc(-c%11nnc(-c%12ccc(C(C)(C)C)cc%12)o%11)cc%10)cc9)c9ccc(/C=C/c%10ccc(-c%11nnc(-c%12ccc(C(C)(C)C)cc%12)o%11)cc%10)cc9)cc8)s7)s6)cc5)cc4)cc3)o2)cc1. The van der Waals surface area contributed by atoms with Crippen LogP contribution in [0.1, 0.15) is 180 Å². The lowest BCUT2D eigenvalue weighted by molar-refractivity contribution is 0.582. The summed E-state index contributed by atoms with van der Waals surface area (Å²) in [6.45, 7) is 26.5. The maximum atomic E-state index is 6.16. The van der Waals surface area contributed by atoms with Crippen molar-refractivity contribution >= 4 is 142 Å². The maximum absolute atomic E-state index is 6.16. The van der Waals surface area contributed by atoms with Gasteiger partial charge >= 0.3 is 0 Å². The number of anilines is 6. The van der Waals surface area contributed by atoms with Gasteiger partial charge in [-0.1, -0.05) is 314 Å². The lowest BCUT2D eigenvalue weighted by atomic mass is 9.87. The van der Waals surface area contributed by atoms with Crippen LogP contribution in [-0.2, 0) is 21.7 Å². The standard InChI is InChI=1S/C130H110N10O4S2/c1-127(2,3)105-59-51-101(52-60-105)123-135-131-119(141-123)97-43-21-87(22-44-97)13-17-91-29-67-109(68-30-91)139(110-69-31-92(32-70-110)18-14-88-23-45-98(46-24-88)120-132-136-124(142-120)102-53-61-106(62-54-102)128(4,5)6)113-75-37-95(38-76-113)41-79-115-81-83-117(145-115)85-86-118-84-82-116(146-118)80-42-96-39-77-114(78-40-96)140(111-71-33-93(34-72-111)19-15-89-25-47-99(48-26-89)121-133-137-125(143-121)103-55-63-107(64-56-103)129(7,8)9)112-73-35-94(36-74-112)20-16-90-27-49-100(50-28-90)122-134-138-126(144-122)104-57-65-108(66-58-104)130(10,11)12/h13-86H,1-12H3/b17-13+,18-14+,19-15+,20-16+,79-41+,80-42+,86-85+. The Kier molecular flexibility index (Phi) is 27.8. The number of thiophene rings is 2. The molecule has 0 aliphatic rings. The largest absolute Gasteiger partial charge is 0.416 e. The highest BCUT2D eigenvalue weighted by atomic mass is 32.1. The summed E-state index contributed by atoms with van der Waals surface area (Å²) in [7, 11) is 0. The third-order valence-electron chi connectivity index (χ3n) is 25.7. The van der Waals surface area contributed by atoms with Crippen molar-refractivity contribution in [2.24, 2.45) is 0 Å². The molecule has 0 saturated carbocycles. The van der Waals surface area contributed by atoms with Crippen molar-refractivity contribution in [1.29, 1.82) is 0 Å². The molecule has 20 rings (SSSR count). The number of rotatable bonds is 28. The van der Waals surface area contributed by atoms with Gasteiger partial charge in [0.15, 0.2) is 0 Å². The molecule has 20 aromatic rings. The minimum absolute atomic E-state index is 0.0505. The molecule has 0 bridgehead atoms. The first-order chi connectivity index (χ1) is 70.7. The lowest BCUT2D eigenvalue weighted by Crippen LogP contribution is -2.10. The van der Waals surface area contributed by atoms with Crippen LogP contribution in [0.25, 0.3) is 177 Å². The van der Waals surface area contributed by atoms with Gasteiger partial charge < -0.3 is 27.5 Å². The zero-order valence-corrected chi connectivity index (χ0v) is 85.3. The summed E-state index contributed by atoms with van der Waals surface area (Å²) >= 11 is 3.53. The van der Waals surface area contributed by atoms with Gasteiger partial charge in [-0.2, -0.15) is 0 Å². The molecule has 716 valence electrons. The molecular weight excluding hydrogens is 1830 g/mol. The third-order valence-corrected chi connectivity index (χ3v) is 27.7. The monoisotopic (exact) mass is 1940 g/mol. The Hall–Kier alpha value is -17.2. The molecule has 0 N–H and O–H groups in total. The van der Waals surface area contributed by atoms with E-state index in [1.165, 1.54) is 32.0 Å². The van der Waals surface area contributed by atoms with E-state index >= 15 is 0 Å². The van der Waals surface area contributed by atoms with Crippen LogP contribution in [0.5, 0.6) is 0 Å². The van der Waals surface area contributed by atoms with Gasteiger partial charge in [0.25, 0.3) is 0 Å². The van der Waals surface area contributed by atoms with Gasteiger partial charge in [0, 0.05) is 98.1 Å². The number of aromatic nitrogens is 8. The average Bonchev–Trinajstić information content (AvgIpc) is 1.30. The summed E-state index contributed by atoms with van der Waals surface area (Å²) in [5.41, 5.74) is 29.0. The van der Waals surface area contributed by atoms with Gasteiger partial charge in [-0.15, -0.1) is 63.5 Å². The molecule has 0 radical (unpaired) electrons. The van der Waals surface area contributed by atoms with Crippen molar-refractivity contribution in [3.63, 3.8) is 0 Å². The zero-order valence-electron chi connectivity index (χ0n) is 83.6. The van der Waals surface area contributed by atoms with Crippen LogP contribution < -0.4 is 9.80 Å².